The molecule has 3 aromatic rings. The van der Waals surface area contributed by atoms with Gasteiger partial charge in [-0.15, -0.1) is 0 Å². The Labute approximate surface area is 156 Å². The van der Waals surface area contributed by atoms with E-state index < -0.39 is 0 Å². The van der Waals surface area contributed by atoms with Crippen molar-refractivity contribution >= 4 is 11.7 Å². The zero-order valence-corrected chi connectivity index (χ0v) is 14.9. The van der Waals surface area contributed by atoms with Gasteiger partial charge in [-0.1, -0.05) is 30.3 Å². The van der Waals surface area contributed by atoms with Crippen LogP contribution in [-0.2, 0) is 6.54 Å². The minimum atomic E-state index is -0.141. The Morgan fingerprint density at radius 3 is 2.74 bits per heavy atom. The summed E-state index contributed by atoms with van der Waals surface area (Å²) in [6.45, 7) is 2.80. The molecule has 7 heteroatoms. The number of aromatic nitrogens is 4. The van der Waals surface area contributed by atoms with E-state index in [1.807, 2.05) is 30.0 Å². The van der Waals surface area contributed by atoms with Crippen molar-refractivity contribution in [1.82, 2.24) is 19.5 Å². The second kappa shape index (κ2) is 7.11. The summed E-state index contributed by atoms with van der Waals surface area (Å²) < 4.78 is 1.63. The lowest BCUT2D eigenvalue weighted by molar-refractivity contribution is 0.0994. The maximum absolute atomic E-state index is 12.7. The molecular formula is C20H19N5O2. The first-order valence-electron chi connectivity index (χ1n) is 8.86. The van der Waals surface area contributed by atoms with Gasteiger partial charge in [0.2, 0.25) is 5.95 Å². The second-order valence-electron chi connectivity index (χ2n) is 6.58. The molecule has 0 saturated heterocycles. The Hall–Kier alpha value is -3.35. The molecule has 0 bridgehead atoms. The molecule has 27 heavy (non-hydrogen) atoms. The number of Topliss-reactive ketones (excluding diaryl/α,β-unsaturated/α-hetero) is 1. The molecule has 0 saturated carbocycles. The lowest BCUT2D eigenvalue weighted by atomic mass is 10.1. The highest BCUT2D eigenvalue weighted by molar-refractivity contribution is 5.99. The zero-order chi connectivity index (χ0) is 18.8. The summed E-state index contributed by atoms with van der Waals surface area (Å²) in [7, 11) is 0. The van der Waals surface area contributed by atoms with Crippen molar-refractivity contribution < 1.29 is 4.79 Å². The van der Waals surface area contributed by atoms with E-state index in [1.165, 1.54) is 12.4 Å². The molecule has 4 rings (SSSR count). The molecule has 0 fully saturated rings. The fourth-order valence-corrected chi connectivity index (χ4v) is 3.26. The Balaban J connectivity index is 1.74. The number of rotatable bonds is 4. The minimum absolute atomic E-state index is 0.00223. The van der Waals surface area contributed by atoms with Crippen LogP contribution < -0.4 is 10.5 Å². The van der Waals surface area contributed by atoms with E-state index in [0.29, 0.717) is 29.4 Å². The molecular weight excluding hydrogens is 342 g/mol. The fourth-order valence-electron chi connectivity index (χ4n) is 3.26. The number of ketones is 1. The van der Waals surface area contributed by atoms with Crippen molar-refractivity contribution in [3.63, 3.8) is 0 Å². The lowest BCUT2D eigenvalue weighted by Gasteiger charge is -2.36. The smallest absolute Gasteiger partial charge is 0.255 e. The van der Waals surface area contributed by atoms with Gasteiger partial charge < -0.3 is 4.90 Å². The maximum Gasteiger partial charge on any atom is 0.255 e. The number of benzene rings is 1. The van der Waals surface area contributed by atoms with Crippen LogP contribution in [0.15, 0.2) is 59.8 Å². The predicted molar refractivity (Wildman–Crippen MR) is 102 cm³/mol. The average Bonchev–Trinajstić information content (AvgIpc) is 2.71. The topological polar surface area (TPSA) is 81.0 Å². The number of fused-ring (bicyclic) bond motifs is 1. The van der Waals surface area contributed by atoms with E-state index in [2.05, 4.69) is 15.0 Å². The summed E-state index contributed by atoms with van der Waals surface area (Å²) in [6.07, 6.45) is 3.82. The predicted octanol–water partition coefficient (Wildman–Crippen LogP) is 2.18. The fraction of sp³-hybridized carbons (Fsp3) is 0.250. The van der Waals surface area contributed by atoms with Crippen molar-refractivity contribution in [3.8, 4) is 11.4 Å². The van der Waals surface area contributed by atoms with Gasteiger partial charge in [0, 0.05) is 30.4 Å². The van der Waals surface area contributed by atoms with Crippen molar-refractivity contribution in [3.05, 3.63) is 70.9 Å². The Kier molecular flexibility index (Phi) is 4.50. The van der Waals surface area contributed by atoms with Crippen LogP contribution in [0.25, 0.3) is 11.4 Å². The summed E-state index contributed by atoms with van der Waals surface area (Å²) in [4.78, 5) is 40.0. The molecule has 0 N–H and O–H groups in total. The zero-order valence-electron chi connectivity index (χ0n) is 14.9. The molecule has 0 amide bonds. The van der Waals surface area contributed by atoms with Gasteiger partial charge in [-0.2, -0.15) is 0 Å². The molecule has 3 heterocycles. The first-order chi connectivity index (χ1) is 13.1. The van der Waals surface area contributed by atoms with E-state index in [4.69, 9.17) is 0 Å². The van der Waals surface area contributed by atoms with Gasteiger partial charge in [0.15, 0.2) is 5.78 Å². The largest absolute Gasteiger partial charge is 0.332 e. The number of hydrogen-bond donors (Lipinski definition) is 0. The molecule has 1 aliphatic rings. The van der Waals surface area contributed by atoms with Gasteiger partial charge in [-0.3, -0.25) is 14.2 Å². The number of carbonyl (C=O) groups excluding carboxylic acids is 1. The van der Waals surface area contributed by atoms with Crippen LogP contribution >= 0.6 is 0 Å². The van der Waals surface area contributed by atoms with Crippen molar-refractivity contribution in [2.75, 3.05) is 11.4 Å². The van der Waals surface area contributed by atoms with E-state index in [1.54, 1.807) is 29.0 Å². The third-order valence-corrected chi connectivity index (χ3v) is 4.80. The van der Waals surface area contributed by atoms with Crippen molar-refractivity contribution in [2.45, 2.75) is 25.9 Å². The van der Waals surface area contributed by atoms with Gasteiger partial charge in [0.1, 0.15) is 6.33 Å². The first-order valence-corrected chi connectivity index (χ1v) is 8.86. The van der Waals surface area contributed by atoms with Crippen LogP contribution in [0.2, 0.25) is 0 Å². The second-order valence-corrected chi connectivity index (χ2v) is 6.58. The quantitative estimate of drug-likeness (QED) is 0.663. The SMILES string of the molecule is CC1CCn2c(nc(-c3ccncn3)cc2=O)N1CC(=O)c1ccccc1. The third kappa shape index (κ3) is 3.36. The lowest BCUT2D eigenvalue weighted by Crippen LogP contribution is -2.46. The summed E-state index contributed by atoms with van der Waals surface area (Å²) in [5.74, 6) is 0.511. The monoisotopic (exact) mass is 361 g/mol. The van der Waals surface area contributed by atoms with Gasteiger partial charge in [-0.05, 0) is 19.4 Å². The van der Waals surface area contributed by atoms with Crippen molar-refractivity contribution in [1.29, 1.82) is 0 Å². The summed E-state index contributed by atoms with van der Waals surface area (Å²) in [6, 6.07) is 12.5. The summed E-state index contributed by atoms with van der Waals surface area (Å²) in [5.41, 5.74) is 1.58. The Morgan fingerprint density at radius 1 is 1.19 bits per heavy atom. The molecule has 0 radical (unpaired) electrons. The number of anilines is 1. The van der Waals surface area contributed by atoms with Crippen LogP contribution in [0.4, 0.5) is 5.95 Å². The molecule has 7 nitrogen and oxygen atoms in total. The van der Waals surface area contributed by atoms with Crippen LogP contribution in [0.5, 0.6) is 0 Å². The third-order valence-electron chi connectivity index (χ3n) is 4.80. The molecule has 1 atom stereocenters. The standard InChI is InChI=1S/C20H19N5O2/c1-14-8-10-24-19(27)11-17(16-7-9-21-13-22-16)23-20(24)25(14)12-18(26)15-5-3-2-4-6-15/h2-7,9,11,13-14H,8,10,12H2,1H3. The highest BCUT2D eigenvalue weighted by Gasteiger charge is 2.28. The van der Waals surface area contributed by atoms with Crippen LogP contribution in [0.1, 0.15) is 23.7 Å². The molecule has 0 spiro atoms. The van der Waals surface area contributed by atoms with Crippen LogP contribution in [-0.4, -0.2) is 37.9 Å². The number of hydrogen-bond acceptors (Lipinski definition) is 6. The molecule has 2 aromatic heterocycles. The highest BCUT2D eigenvalue weighted by atomic mass is 16.1. The maximum atomic E-state index is 12.7. The van der Waals surface area contributed by atoms with Crippen molar-refractivity contribution in [2.24, 2.45) is 0 Å². The Morgan fingerprint density at radius 2 is 2.00 bits per heavy atom. The Bertz CT molecular complexity index is 1020. The highest BCUT2D eigenvalue weighted by Crippen LogP contribution is 2.24. The molecule has 1 unspecified atom stereocenters. The van der Waals surface area contributed by atoms with Gasteiger partial charge >= 0.3 is 0 Å². The van der Waals surface area contributed by atoms with Crippen LogP contribution in [0.3, 0.4) is 0 Å². The van der Waals surface area contributed by atoms with E-state index in [-0.39, 0.29) is 23.9 Å². The van der Waals surface area contributed by atoms with Gasteiger partial charge in [0.05, 0.1) is 17.9 Å². The summed E-state index contributed by atoms with van der Waals surface area (Å²) in [5, 5.41) is 0. The van der Waals surface area contributed by atoms with Gasteiger partial charge in [-0.25, -0.2) is 15.0 Å². The van der Waals surface area contributed by atoms with E-state index in [0.717, 1.165) is 6.42 Å². The molecule has 0 aliphatic carbocycles. The molecule has 1 aliphatic heterocycles. The van der Waals surface area contributed by atoms with Gasteiger partial charge in [0.25, 0.3) is 5.56 Å². The minimum Gasteiger partial charge on any atom is -0.332 e. The van der Waals surface area contributed by atoms with Crippen LogP contribution in [0, 0.1) is 0 Å². The summed E-state index contributed by atoms with van der Waals surface area (Å²) >= 11 is 0. The van der Waals surface area contributed by atoms with E-state index >= 15 is 0 Å². The molecule has 136 valence electrons. The van der Waals surface area contributed by atoms with E-state index in [9.17, 15) is 9.59 Å². The number of nitrogens with zero attached hydrogens (tertiary/aromatic N) is 5. The first kappa shape index (κ1) is 17.1. The average molecular weight is 361 g/mol. The number of carbonyl (C=O) groups is 1. The normalized spacial score (nSPS) is 16.0. The molecule has 1 aromatic carbocycles.